The summed E-state index contributed by atoms with van der Waals surface area (Å²) < 4.78 is 3.13. The first kappa shape index (κ1) is 8.70. The summed E-state index contributed by atoms with van der Waals surface area (Å²) in [6, 6.07) is 0. The van der Waals surface area contributed by atoms with E-state index in [2.05, 4.69) is 21.1 Å². The number of thioether (sulfide) groups is 1. The second-order valence-electron chi connectivity index (χ2n) is 1.26. The van der Waals surface area contributed by atoms with Crippen molar-refractivity contribution >= 4 is 32.7 Å². The average molecular weight is 242 g/mol. The van der Waals surface area contributed by atoms with Crippen LogP contribution in [-0.4, -0.2) is 26.7 Å². The summed E-state index contributed by atoms with van der Waals surface area (Å²) in [6.07, 6.45) is 1.24. The molecular formula is C6H10STe. The van der Waals surface area contributed by atoms with Crippen LogP contribution in [0.5, 0.6) is 0 Å². The Morgan fingerprint density at radius 1 is 1.62 bits per heavy atom. The summed E-state index contributed by atoms with van der Waals surface area (Å²) in [4.78, 5) is 2.20. The van der Waals surface area contributed by atoms with Crippen LogP contribution in [0.3, 0.4) is 0 Å². The van der Waals surface area contributed by atoms with Crippen molar-refractivity contribution in [3.8, 4) is 9.22 Å². The monoisotopic (exact) mass is 244 g/mol. The Balaban J connectivity index is 2.90. The van der Waals surface area contributed by atoms with Crippen molar-refractivity contribution in [1.82, 2.24) is 0 Å². The van der Waals surface area contributed by atoms with Gasteiger partial charge in [-0.3, -0.25) is 0 Å². The van der Waals surface area contributed by atoms with E-state index in [1.807, 2.05) is 0 Å². The molecule has 0 atom stereocenters. The van der Waals surface area contributed by atoms with Gasteiger partial charge in [-0.25, -0.2) is 0 Å². The molecule has 0 saturated heterocycles. The van der Waals surface area contributed by atoms with Gasteiger partial charge in [0.1, 0.15) is 0 Å². The van der Waals surface area contributed by atoms with E-state index < -0.39 is 0 Å². The average Bonchev–Trinajstić information content (AvgIpc) is 1.81. The second kappa shape index (κ2) is 7.70. The first-order valence-corrected chi connectivity index (χ1v) is 7.04. The molecule has 0 aliphatic rings. The van der Waals surface area contributed by atoms with Gasteiger partial charge in [-0.2, -0.15) is 0 Å². The van der Waals surface area contributed by atoms with E-state index in [4.69, 9.17) is 0 Å². The third kappa shape index (κ3) is 6.70. The minimum absolute atomic E-state index is 0.0667. The van der Waals surface area contributed by atoms with E-state index in [0.717, 1.165) is 0 Å². The Bertz CT molecular complexity index is 90.4. The molecule has 0 saturated carbocycles. The molecular weight excluding hydrogens is 232 g/mol. The normalized spacial score (nSPS) is 7.75. The maximum atomic E-state index is 3.13. The van der Waals surface area contributed by atoms with E-state index in [0.29, 0.717) is 0 Å². The molecule has 0 nitrogen and oxygen atoms in total. The van der Waals surface area contributed by atoms with E-state index in [9.17, 15) is 0 Å². The zero-order valence-electron chi connectivity index (χ0n) is 5.23. The molecule has 0 fully saturated rings. The first-order chi connectivity index (χ1) is 3.91. The molecule has 0 unspecified atom stereocenters. The summed E-state index contributed by atoms with van der Waals surface area (Å²) in [5.41, 5.74) is 0. The van der Waals surface area contributed by atoms with E-state index in [1.165, 1.54) is 12.2 Å². The van der Waals surface area contributed by atoms with Gasteiger partial charge in [-0.15, -0.1) is 0 Å². The van der Waals surface area contributed by atoms with Crippen LogP contribution >= 0.6 is 11.8 Å². The van der Waals surface area contributed by atoms with Gasteiger partial charge in [0.05, 0.1) is 0 Å². The van der Waals surface area contributed by atoms with Crippen LogP contribution in [0, 0.1) is 9.22 Å². The standard InChI is InChI=1S/C6H10STe/c1-3-4-7-5-6-8-2/h3-4H2,1-2H3. The summed E-state index contributed by atoms with van der Waals surface area (Å²) in [5.74, 6) is 1.19. The topological polar surface area (TPSA) is 0 Å². The number of hydrogen-bond donors (Lipinski definition) is 0. The van der Waals surface area contributed by atoms with Crippen molar-refractivity contribution in [3.05, 3.63) is 0 Å². The fraction of sp³-hybridized carbons (Fsp3) is 0.667. The molecule has 0 N–H and O–H groups in total. The molecule has 8 heavy (non-hydrogen) atoms. The quantitative estimate of drug-likeness (QED) is 0.404. The fourth-order valence-electron chi connectivity index (χ4n) is 0.224. The molecule has 0 aliphatic heterocycles. The Morgan fingerprint density at radius 3 is 2.88 bits per heavy atom. The van der Waals surface area contributed by atoms with E-state index in [-0.39, 0.29) is 20.9 Å². The molecule has 0 aromatic rings. The zero-order chi connectivity index (χ0) is 6.24. The van der Waals surface area contributed by atoms with Crippen LogP contribution < -0.4 is 0 Å². The molecule has 0 aliphatic carbocycles. The zero-order valence-corrected chi connectivity index (χ0v) is 8.38. The summed E-state index contributed by atoms with van der Waals surface area (Å²) in [6.45, 7) is 2.18. The Hall–Kier alpha value is 0.700. The van der Waals surface area contributed by atoms with E-state index in [1.54, 1.807) is 11.8 Å². The summed E-state index contributed by atoms with van der Waals surface area (Å²) in [5, 5.41) is 3.06. The molecule has 0 bridgehead atoms. The van der Waals surface area contributed by atoms with Crippen LogP contribution in [-0.2, 0) is 0 Å². The summed E-state index contributed by atoms with van der Waals surface area (Å²) >= 11 is 1.82. The van der Waals surface area contributed by atoms with Gasteiger partial charge >= 0.3 is 66.0 Å². The SMILES string of the molecule is CCCSC#C[Te]C. The second-order valence-corrected chi connectivity index (χ2v) is 3.91. The van der Waals surface area contributed by atoms with Crippen molar-refractivity contribution in [2.45, 2.75) is 18.3 Å². The number of rotatable bonds is 2. The van der Waals surface area contributed by atoms with Gasteiger partial charge in [0.15, 0.2) is 0 Å². The molecule has 0 rings (SSSR count). The van der Waals surface area contributed by atoms with Crippen LogP contribution in [0.25, 0.3) is 0 Å². The molecule has 46 valence electrons. The van der Waals surface area contributed by atoms with Crippen LogP contribution in [0.4, 0.5) is 0 Å². The Kier molecular flexibility index (Phi) is 8.37. The fourth-order valence-corrected chi connectivity index (χ4v) is 1.89. The van der Waals surface area contributed by atoms with Crippen LogP contribution in [0.1, 0.15) is 13.3 Å². The van der Waals surface area contributed by atoms with Gasteiger partial charge in [-0.05, 0) is 0 Å². The van der Waals surface area contributed by atoms with Crippen molar-refractivity contribution in [3.63, 3.8) is 0 Å². The summed E-state index contributed by atoms with van der Waals surface area (Å²) in [7, 11) is 0. The third-order valence-electron chi connectivity index (χ3n) is 0.522. The molecule has 0 aromatic heterocycles. The Labute approximate surface area is 65.9 Å². The third-order valence-corrected chi connectivity index (χ3v) is 2.66. The minimum atomic E-state index is 0.0667. The van der Waals surface area contributed by atoms with Gasteiger partial charge < -0.3 is 0 Å². The number of hydrogen-bond acceptors (Lipinski definition) is 1. The van der Waals surface area contributed by atoms with E-state index >= 15 is 0 Å². The molecule has 0 amide bonds. The van der Waals surface area contributed by atoms with Crippen molar-refractivity contribution in [1.29, 1.82) is 0 Å². The van der Waals surface area contributed by atoms with Crippen molar-refractivity contribution in [2.75, 3.05) is 5.75 Å². The Morgan fingerprint density at radius 2 is 2.38 bits per heavy atom. The van der Waals surface area contributed by atoms with Crippen LogP contribution in [0.2, 0.25) is 4.97 Å². The maximum absolute atomic E-state index is 3.13. The van der Waals surface area contributed by atoms with Crippen molar-refractivity contribution in [2.24, 2.45) is 0 Å². The van der Waals surface area contributed by atoms with Gasteiger partial charge in [-0.1, -0.05) is 0 Å². The van der Waals surface area contributed by atoms with Gasteiger partial charge in [0.2, 0.25) is 0 Å². The van der Waals surface area contributed by atoms with Gasteiger partial charge in [0.25, 0.3) is 0 Å². The predicted molar refractivity (Wildman–Crippen MR) is 42.1 cm³/mol. The van der Waals surface area contributed by atoms with Gasteiger partial charge in [0, 0.05) is 0 Å². The molecule has 0 heterocycles. The molecule has 0 radical (unpaired) electrons. The van der Waals surface area contributed by atoms with Crippen LogP contribution in [0.15, 0.2) is 0 Å². The van der Waals surface area contributed by atoms with Crippen molar-refractivity contribution < 1.29 is 0 Å². The first-order valence-electron chi connectivity index (χ1n) is 2.56. The predicted octanol–water partition coefficient (Wildman–Crippen LogP) is 1.80. The molecule has 0 aromatic carbocycles. The molecule has 0 spiro atoms. The molecule has 2 heteroatoms.